The van der Waals surface area contributed by atoms with Crippen LogP contribution in [0.15, 0.2) is 36.4 Å². The molecule has 2 rings (SSSR count). The first-order valence-electron chi connectivity index (χ1n) is 5.78. The van der Waals surface area contributed by atoms with E-state index in [2.05, 4.69) is 6.58 Å². The Balaban J connectivity index is 2.11. The molecule has 4 nitrogen and oxygen atoms in total. The van der Waals surface area contributed by atoms with Crippen molar-refractivity contribution in [3.05, 3.63) is 47.5 Å². The number of cyclic esters (lactones) is 1. The van der Waals surface area contributed by atoms with Crippen LogP contribution in [-0.4, -0.2) is 18.5 Å². The fourth-order valence-electron chi connectivity index (χ4n) is 1.91. The second kappa shape index (κ2) is 5.04. The summed E-state index contributed by atoms with van der Waals surface area (Å²) in [4.78, 5) is 23.0. The van der Waals surface area contributed by atoms with E-state index >= 15 is 0 Å². The van der Waals surface area contributed by atoms with E-state index in [-0.39, 0.29) is 12.4 Å². The standard InChI is InChI=1S/C14H14O4/c1-3-17-13(15)9(2)8-12-10-6-4-5-7-11(10)14(16)18-12/h4-7,12H,2-3,8H2,1H3. The van der Waals surface area contributed by atoms with E-state index in [9.17, 15) is 9.59 Å². The Bertz CT molecular complexity index is 504. The Morgan fingerprint density at radius 2 is 2.17 bits per heavy atom. The Kier molecular flexibility index (Phi) is 3.46. The molecule has 0 N–H and O–H groups in total. The molecule has 1 aromatic rings. The molecule has 0 radical (unpaired) electrons. The minimum Gasteiger partial charge on any atom is -0.463 e. The van der Waals surface area contributed by atoms with Gasteiger partial charge in [-0.15, -0.1) is 0 Å². The highest BCUT2D eigenvalue weighted by Crippen LogP contribution is 2.34. The average Bonchev–Trinajstić information content (AvgIpc) is 2.67. The molecule has 0 saturated carbocycles. The maximum Gasteiger partial charge on any atom is 0.339 e. The molecule has 0 amide bonds. The van der Waals surface area contributed by atoms with Crippen LogP contribution >= 0.6 is 0 Å². The van der Waals surface area contributed by atoms with Crippen molar-refractivity contribution in [2.45, 2.75) is 19.4 Å². The number of fused-ring (bicyclic) bond motifs is 1. The molecule has 0 bridgehead atoms. The van der Waals surface area contributed by atoms with Crippen LogP contribution in [0.4, 0.5) is 0 Å². The van der Waals surface area contributed by atoms with Crippen LogP contribution in [0.25, 0.3) is 0 Å². The van der Waals surface area contributed by atoms with E-state index < -0.39 is 12.1 Å². The third-order valence-electron chi connectivity index (χ3n) is 2.77. The summed E-state index contributed by atoms with van der Waals surface area (Å²) in [6, 6.07) is 7.15. The summed E-state index contributed by atoms with van der Waals surface area (Å²) in [5, 5.41) is 0. The minimum atomic E-state index is -0.446. The summed E-state index contributed by atoms with van der Waals surface area (Å²) in [6.07, 6.45) is -0.174. The third-order valence-corrected chi connectivity index (χ3v) is 2.77. The SMILES string of the molecule is C=C(CC1OC(=O)c2ccccc21)C(=O)OCC. The van der Waals surface area contributed by atoms with Gasteiger partial charge in [0.25, 0.3) is 0 Å². The summed E-state index contributed by atoms with van der Waals surface area (Å²) in [5.41, 5.74) is 1.67. The summed E-state index contributed by atoms with van der Waals surface area (Å²) >= 11 is 0. The summed E-state index contributed by atoms with van der Waals surface area (Å²) in [7, 11) is 0. The summed E-state index contributed by atoms with van der Waals surface area (Å²) in [5.74, 6) is -0.801. The molecule has 1 unspecified atom stereocenters. The first kappa shape index (κ1) is 12.4. The van der Waals surface area contributed by atoms with Gasteiger partial charge in [-0.1, -0.05) is 24.8 Å². The zero-order valence-electron chi connectivity index (χ0n) is 10.1. The fraction of sp³-hybridized carbons (Fsp3) is 0.286. The maximum atomic E-state index is 11.6. The number of hydrogen-bond acceptors (Lipinski definition) is 4. The number of hydrogen-bond donors (Lipinski definition) is 0. The predicted molar refractivity (Wildman–Crippen MR) is 65.0 cm³/mol. The van der Waals surface area contributed by atoms with Gasteiger partial charge in [-0.25, -0.2) is 9.59 Å². The third kappa shape index (κ3) is 2.27. The monoisotopic (exact) mass is 246 g/mol. The van der Waals surface area contributed by atoms with Crippen LogP contribution in [0.2, 0.25) is 0 Å². The van der Waals surface area contributed by atoms with Crippen molar-refractivity contribution in [2.75, 3.05) is 6.61 Å². The predicted octanol–water partition coefficient (Wildman–Crippen LogP) is 2.41. The van der Waals surface area contributed by atoms with E-state index in [0.29, 0.717) is 17.7 Å². The molecule has 0 aliphatic carbocycles. The molecule has 18 heavy (non-hydrogen) atoms. The van der Waals surface area contributed by atoms with E-state index in [1.54, 1.807) is 19.1 Å². The number of carbonyl (C=O) groups excluding carboxylic acids is 2. The van der Waals surface area contributed by atoms with E-state index in [0.717, 1.165) is 5.56 Å². The first-order valence-corrected chi connectivity index (χ1v) is 5.78. The molecular formula is C14H14O4. The minimum absolute atomic E-state index is 0.265. The highest BCUT2D eigenvalue weighted by molar-refractivity contribution is 5.94. The topological polar surface area (TPSA) is 52.6 Å². The van der Waals surface area contributed by atoms with Gasteiger partial charge < -0.3 is 9.47 Å². The zero-order valence-corrected chi connectivity index (χ0v) is 10.1. The molecule has 0 spiro atoms. The summed E-state index contributed by atoms with van der Waals surface area (Å²) in [6.45, 7) is 5.71. The number of ether oxygens (including phenoxy) is 2. The van der Waals surface area contributed by atoms with Crippen molar-refractivity contribution >= 4 is 11.9 Å². The maximum absolute atomic E-state index is 11.6. The molecule has 94 valence electrons. The highest BCUT2D eigenvalue weighted by Gasteiger charge is 2.31. The number of carbonyl (C=O) groups is 2. The number of esters is 2. The Morgan fingerprint density at radius 1 is 1.44 bits per heavy atom. The lowest BCUT2D eigenvalue weighted by molar-refractivity contribution is -0.138. The average molecular weight is 246 g/mol. The Hall–Kier alpha value is -2.10. The fourth-order valence-corrected chi connectivity index (χ4v) is 1.91. The normalized spacial score (nSPS) is 16.9. The highest BCUT2D eigenvalue weighted by atomic mass is 16.6. The second-order valence-corrected chi connectivity index (χ2v) is 4.01. The van der Waals surface area contributed by atoms with Crippen molar-refractivity contribution < 1.29 is 19.1 Å². The van der Waals surface area contributed by atoms with Gasteiger partial charge in [-0.3, -0.25) is 0 Å². The molecule has 1 aliphatic heterocycles. The van der Waals surface area contributed by atoms with Crippen molar-refractivity contribution in [1.29, 1.82) is 0 Å². The van der Waals surface area contributed by atoms with Gasteiger partial charge in [0.15, 0.2) is 0 Å². The molecule has 4 heteroatoms. The number of benzene rings is 1. The number of rotatable bonds is 4. The van der Waals surface area contributed by atoms with Crippen LogP contribution in [0.5, 0.6) is 0 Å². The first-order chi connectivity index (χ1) is 8.63. The van der Waals surface area contributed by atoms with Crippen LogP contribution in [0.3, 0.4) is 0 Å². The van der Waals surface area contributed by atoms with E-state index in [4.69, 9.17) is 9.47 Å². The van der Waals surface area contributed by atoms with Gasteiger partial charge in [-0.2, -0.15) is 0 Å². The molecule has 1 atom stereocenters. The Labute approximate surface area is 105 Å². The molecule has 0 aromatic heterocycles. The molecule has 0 fully saturated rings. The summed E-state index contributed by atoms with van der Waals surface area (Å²) < 4.78 is 10.1. The van der Waals surface area contributed by atoms with Crippen LogP contribution < -0.4 is 0 Å². The molecular weight excluding hydrogens is 232 g/mol. The van der Waals surface area contributed by atoms with Gasteiger partial charge in [0.1, 0.15) is 6.10 Å². The van der Waals surface area contributed by atoms with Gasteiger partial charge in [0.05, 0.1) is 12.2 Å². The van der Waals surface area contributed by atoms with Gasteiger partial charge in [-0.05, 0) is 13.0 Å². The van der Waals surface area contributed by atoms with Crippen molar-refractivity contribution in [3.63, 3.8) is 0 Å². The van der Waals surface area contributed by atoms with Crippen LogP contribution in [-0.2, 0) is 14.3 Å². The lowest BCUT2D eigenvalue weighted by atomic mass is 10.0. The van der Waals surface area contributed by atoms with Crippen LogP contribution in [0.1, 0.15) is 35.4 Å². The lowest BCUT2D eigenvalue weighted by Gasteiger charge is -2.11. The van der Waals surface area contributed by atoms with Crippen molar-refractivity contribution in [3.8, 4) is 0 Å². The smallest absolute Gasteiger partial charge is 0.339 e. The van der Waals surface area contributed by atoms with Crippen molar-refractivity contribution in [1.82, 2.24) is 0 Å². The Morgan fingerprint density at radius 3 is 2.89 bits per heavy atom. The quantitative estimate of drug-likeness (QED) is 0.604. The van der Waals surface area contributed by atoms with E-state index in [1.807, 2.05) is 12.1 Å². The van der Waals surface area contributed by atoms with Gasteiger partial charge >= 0.3 is 11.9 Å². The largest absolute Gasteiger partial charge is 0.463 e. The molecule has 1 aromatic carbocycles. The zero-order chi connectivity index (χ0) is 13.1. The van der Waals surface area contributed by atoms with Gasteiger partial charge in [0.2, 0.25) is 0 Å². The van der Waals surface area contributed by atoms with Crippen LogP contribution in [0, 0.1) is 0 Å². The van der Waals surface area contributed by atoms with E-state index in [1.165, 1.54) is 0 Å². The lowest BCUT2D eigenvalue weighted by Crippen LogP contribution is -2.10. The second-order valence-electron chi connectivity index (χ2n) is 4.01. The van der Waals surface area contributed by atoms with Crippen molar-refractivity contribution in [2.24, 2.45) is 0 Å². The van der Waals surface area contributed by atoms with Gasteiger partial charge in [0, 0.05) is 17.6 Å². The molecule has 1 heterocycles. The molecule has 0 saturated heterocycles. The molecule has 1 aliphatic rings.